The van der Waals surface area contributed by atoms with Crippen LogP contribution in [0.2, 0.25) is 0 Å². The second kappa shape index (κ2) is 6.22. The minimum Gasteiger partial charge on any atom is -0.352 e. The maximum absolute atomic E-state index is 11.6. The van der Waals surface area contributed by atoms with Crippen LogP contribution >= 0.6 is 0 Å². The second-order valence-electron chi connectivity index (χ2n) is 4.82. The van der Waals surface area contributed by atoms with E-state index in [1.165, 1.54) is 0 Å². The lowest BCUT2D eigenvalue weighted by Crippen LogP contribution is -2.48. The summed E-state index contributed by atoms with van der Waals surface area (Å²) in [7, 11) is 0. The lowest BCUT2D eigenvalue weighted by molar-refractivity contribution is -0.122. The van der Waals surface area contributed by atoms with E-state index < -0.39 is 6.04 Å². The van der Waals surface area contributed by atoms with Crippen LogP contribution in [0, 0.1) is 0 Å². The van der Waals surface area contributed by atoms with E-state index in [0.29, 0.717) is 12.6 Å². The minimum absolute atomic E-state index is 0.127. The summed E-state index contributed by atoms with van der Waals surface area (Å²) >= 11 is 0. The van der Waals surface area contributed by atoms with Gasteiger partial charge < -0.3 is 16.0 Å². The van der Waals surface area contributed by atoms with Crippen LogP contribution < -0.4 is 16.0 Å². The molecule has 19 heavy (non-hydrogen) atoms. The van der Waals surface area contributed by atoms with Crippen molar-refractivity contribution < 1.29 is 9.59 Å². The third kappa shape index (κ3) is 4.62. The molecule has 1 aromatic rings. The van der Waals surface area contributed by atoms with Crippen molar-refractivity contribution in [2.45, 2.75) is 38.4 Å². The highest BCUT2D eigenvalue weighted by Gasteiger charge is 2.26. The summed E-state index contributed by atoms with van der Waals surface area (Å²) in [6.07, 6.45) is 2.08. The predicted octanol–water partition coefficient (Wildman–Crippen LogP) is 1.15. The van der Waals surface area contributed by atoms with Crippen LogP contribution in [0.1, 0.15) is 25.3 Å². The van der Waals surface area contributed by atoms with E-state index in [9.17, 15) is 9.59 Å². The van der Waals surface area contributed by atoms with Crippen molar-refractivity contribution in [1.82, 2.24) is 16.0 Å². The lowest BCUT2D eigenvalue weighted by Gasteiger charge is -2.14. The van der Waals surface area contributed by atoms with E-state index >= 15 is 0 Å². The average molecular weight is 261 g/mol. The molecule has 0 aromatic heterocycles. The summed E-state index contributed by atoms with van der Waals surface area (Å²) in [5, 5.41) is 8.20. The van der Waals surface area contributed by atoms with E-state index in [1.807, 2.05) is 30.3 Å². The Morgan fingerprint density at radius 3 is 2.58 bits per heavy atom. The summed E-state index contributed by atoms with van der Waals surface area (Å²) < 4.78 is 0. The molecule has 102 valence electrons. The van der Waals surface area contributed by atoms with Gasteiger partial charge in [-0.3, -0.25) is 4.79 Å². The maximum atomic E-state index is 11.6. The first kappa shape index (κ1) is 13.4. The van der Waals surface area contributed by atoms with Gasteiger partial charge in [-0.05, 0) is 25.3 Å². The topological polar surface area (TPSA) is 70.2 Å². The number of carbonyl (C=O) groups excluding carboxylic acids is 2. The van der Waals surface area contributed by atoms with Gasteiger partial charge >= 0.3 is 6.03 Å². The van der Waals surface area contributed by atoms with E-state index in [4.69, 9.17) is 0 Å². The molecule has 0 bridgehead atoms. The van der Waals surface area contributed by atoms with Gasteiger partial charge in [-0.25, -0.2) is 4.79 Å². The molecule has 0 saturated heterocycles. The fourth-order valence-electron chi connectivity index (χ4n) is 1.65. The second-order valence-corrected chi connectivity index (χ2v) is 4.82. The van der Waals surface area contributed by atoms with Gasteiger partial charge in [-0.2, -0.15) is 0 Å². The Morgan fingerprint density at radius 2 is 1.95 bits per heavy atom. The number of hydrogen-bond donors (Lipinski definition) is 3. The van der Waals surface area contributed by atoms with Crippen LogP contribution in [0.4, 0.5) is 4.79 Å². The summed E-state index contributed by atoms with van der Waals surface area (Å²) in [5.74, 6) is -0.127. The van der Waals surface area contributed by atoms with E-state index in [0.717, 1.165) is 18.4 Å². The van der Waals surface area contributed by atoms with Gasteiger partial charge in [0.2, 0.25) is 5.91 Å². The summed E-state index contributed by atoms with van der Waals surface area (Å²) in [6, 6.07) is 9.09. The van der Waals surface area contributed by atoms with Crippen LogP contribution in [-0.2, 0) is 11.3 Å². The first-order chi connectivity index (χ1) is 9.15. The van der Waals surface area contributed by atoms with Gasteiger partial charge in [-0.1, -0.05) is 30.3 Å². The fourth-order valence-corrected chi connectivity index (χ4v) is 1.65. The van der Waals surface area contributed by atoms with Crippen molar-refractivity contribution in [2.24, 2.45) is 0 Å². The molecule has 1 fully saturated rings. The Bertz CT molecular complexity index is 443. The third-order valence-electron chi connectivity index (χ3n) is 2.96. The normalized spacial score (nSPS) is 15.4. The highest BCUT2D eigenvalue weighted by atomic mass is 16.2. The SMILES string of the molecule is CC(NC(=O)NCc1ccccc1)C(=O)NC1CC1. The zero-order valence-corrected chi connectivity index (χ0v) is 11.0. The molecule has 3 N–H and O–H groups in total. The number of hydrogen-bond acceptors (Lipinski definition) is 2. The van der Waals surface area contributed by atoms with Crippen molar-refractivity contribution >= 4 is 11.9 Å². The number of nitrogens with one attached hydrogen (secondary N) is 3. The van der Waals surface area contributed by atoms with Crippen LogP contribution in [0.25, 0.3) is 0 Å². The zero-order valence-electron chi connectivity index (χ0n) is 11.0. The van der Waals surface area contributed by atoms with Crippen LogP contribution in [0.3, 0.4) is 0 Å². The first-order valence-corrected chi connectivity index (χ1v) is 6.54. The van der Waals surface area contributed by atoms with Crippen molar-refractivity contribution in [3.05, 3.63) is 35.9 Å². The van der Waals surface area contributed by atoms with Gasteiger partial charge in [0.05, 0.1) is 0 Å². The molecule has 0 radical (unpaired) electrons. The molecule has 1 aromatic carbocycles. The fraction of sp³-hybridized carbons (Fsp3) is 0.429. The lowest BCUT2D eigenvalue weighted by atomic mass is 10.2. The molecule has 0 aliphatic heterocycles. The summed E-state index contributed by atoms with van der Waals surface area (Å²) in [5.41, 5.74) is 1.02. The average Bonchev–Trinajstić information content (AvgIpc) is 3.21. The molecule has 5 nitrogen and oxygen atoms in total. The van der Waals surface area contributed by atoms with Crippen molar-refractivity contribution in [1.29, 1.82) is 0 Å². The van der Waals surface area contributed by atoms with E-state index in [2.05, 4.69) is 16.0 Å². The third-order valence-corrected chi connectivity index (χ3v) is 2.96. The number of urea groups is 1. The molecule has 1 atom stereocenters. The Labute approximate surface area is 112 Å². The first-order valence-electron chi connectivity index (χ1n) is 6.54. The van der Waals surface area contributed by atoms with Gasteiger partial charge in [-0.15, -0.1) is 0 Å². The van der Waals surface area contributed by atoms with Crippen molar-refractivity contribution in [3.63, 3.8) is 0 Å². The van der Waals surface area contributed by atoms with Gasteiger partial charge in [0.1, 0.15) is 6.04 Å². The maximum Gasteiger partial charge on any atom is 0.315 e. The smallest absolute Gasteiger partial charge is 0.315 e. The summed E-state index contributed by atoms with van der Waals surface area (Å²) in [4.78, 5) is 23.3. The van der Waals surface area contributed by atoms with Gasteiger partial charge in [0.15, 0.2) is 0 Å². The molecule has 1 unspecified atom stereocenters. The molecule has 3 amide bonds. The Morgan fingerprint density at radius 1 is 1.26 bits per heavy atom. The predicted molar refractivity (Wildman–Crippen MR) is 72.4 cm³/mol. The van der Waals surface area contributed by atoms with E-state index in [1.54, 1.807) is 6.92 Å². The van der Waals surface area contributed by atoms with E-state index in [-0.39, 0.29) is 11.9 Å². The number of rotatable bonds is 5. The van der Waals surface area contributed by atoms with Crippen LogP contribution in [0.15, 0.2) is 30.3 Å². The van der Waals surface area contributed by atoms with Crippen LogP contribution in [0.5, 0.6) is 0 Å². The number of amides is 3. The molecule has 5 heteroatoms. The molecule has 1 aliphatic rings. The van der Waals surface area contributed by atoms with Gasteiger partial charge in [0.25, 0.3) is 0 Å². The zero-order chi connectivity index (χ0) is 13.7. The highest BCUT2D eigenvalue weighted by molar-refractivity contribution is 5.86. The standard InChI is InChI=1S/C14H19N3O2/c1-10(13(18)17-12-7-8-12)16-14(19)15-9-11-5-3-2-4-6-11/h2-6,10,12H,7-9H2,1H3,(H,17,18)(H2,15,16,19). The number of benzene rings is 1. The Balaban J connectivity index is 1.69. The van der Waals surface area contributed by atoms with Gasteiger partial charge in [0, 0.05) is 12.6 Å². The van der Waals surface area contributed by atoms with Crippen LogP contribution in [-0.4, -0.2) is 24.0 Å². The molecular weight excluding hydrogens is 242 g/mol. The highest BCUT2D eigenvalue weighted by Crippen LogP contribution is 2.18. The number of carbonyl (C=O) groups is 2. The van der Waals surface area contributed by atoms with Crippen molar-refractivity contribution in [3.8, 4) is 0 Å². The molecule has 1 saturated carbocycles. The molecule has 0 spiro atoms. The quantitative estimate of drug-likeness (QED) is 0.744. The monoisotopic (exact) mass is 261 g/mol. The molecular formula is C14H19N3O2. The Kier molecular flexibility index (Phi) is 4.39. The molecule has 2 rings (SSSR count). The largest absolute Gasteiger partial charge is 0.352 e. The Hall–Kier alpha value is -2.04. The molecule has 1 aliphatic carbocycles. The molecule has 0 heterocycles. The summed E-state index contributed by atoms with van der Waals surface area (Å²) in [6.45, 7) is 2.13. The van der Waals surface area contributed by atoms with Crippen molar-refractivity contribution in [2.75, 3.05) is 0 Å². The minimum atomic E-state index is -0.517.